The van der Waals surface area contributed by atoms with Crippen LogP contribution in [0.1, 0.15) is 11.1 Å². The lowest BCUT2D eigenvalue weighted by Gasteiger charge is -2.08. The minimum absolute atomic E-state index is 0.0260. The summed E-state index contributed by atoms with van der Waals surface area (Å²) < 4.78 is 0. The highest BCUT2D eigenvalue weighted by atomic mass is 35.5. The van der Waals surface area contributed by atoms with E-state index in [0.29, 0.717) is 23.7 Å². The number of alkyl halides is 1. The molecule has 0 atom stereocenters. The first kappa shape index (κ1) is 9.81. The Morgan fingerprint density at radius 1 is 1.43 bits per heavy atom. The molecule has 1 aromatic rings. The summed E-state index contributed by atoms with van der Waals surface area (Å²) in [4.78, 5) is 11.2. The minimum Gasteiger partial charge on any atom is -0.325 e. The molecule has 14 heavy (non-hydrogen) atoms. The Morgan fingerprint density at radius 3 is 2.93 bits per heavy atom. The summed E-state index contributed by atoms with van der Waals surface area (Å²) in [5.74, 6) is 0.532. The zero-order valence-electron chi connectivity index (χ0n) is 7.44. The standard InChI is InChI=1S/C10H9Cl2NO/c11-4-3-7-8(12)2-1-6-5-9(14)13-10(6)7/h1-2H,3-5H2,(H,13,14). The minimum atomic E-state index is 0.0260. The summed E-state index contributed by atoms with van der Waals surface area (Å²) in [5, 5.41) is 3.48. The molecule has 0 fully saturated rings. The summed E-state index contributed by atoms with van der Waals surface area (Å²) >= 11 is 11.7. The van der Waals surface area contributed by atoms with Crippen LogP contribution >= 0.6 is 23.2 Å². The van der Waals surface area contributed by atoms with E-state index in [1.165, 1.54) is 0 Å². The number of nitrogens with one attached hydrogen (secondary N) is 1. The normalized spacial score (nSPS) is 14.0. The monoisotopic (exact) mass is 229 g/mol. The molecule has 1 aliphatic rings. The number of fused-ring (bicyclic) bond motifs is 1. The quantitative estimate of drug-likeness (QED) is 0.777. The summed E-state index contributed by atoms with van der Waals surface area (Å²) in [6.07, 6.45) is 1.13. The molecule has 2 rings (SSSR count). The van der Waals surface area contributed by atoms with E-state index in [2.05, 4.69) is 5.32 Å². The van der Waals surface area contributed by atoms with Crippen molar-refractivity contribution in [3.8, 4) is 0 Å². The maximum Gasteiger partial charge on any atom is 0.228 e. The van der Waals surface area contributed by atoms with Crippen LogP contribution in [0.15, 0.2) is 12.1 Å². The predicted octanol–water partition coefficient (Wildman–Crippen LogP) is 2.62. The average molecular weight is 230 g/mol. The molecule has 1 amide bonds. The molecule has 1 aliphatic heterocycles. The van der Waals surface area contributed by atoms with E-state index < -0.39 is 0 Å². The molecule has 0 aromatic heterocycles. The topological polar surface area (TPSA) is 29.1 Å². The number of carbonyl (C=O) groups is 1. The smallest absolute Gasteiger partial charge is 0.228 e. The van der Waals surface area contributed by atoms with Gasteiger partial charge in [-0.1, -0.05) is 17.7 Å². The van der Waals surface area contributed by atoms with Crippen molar-refractivity contribution in [1.29, 1.82) is 0 Å². The first-order chi connectivity index (χ1) is 6.72. The molecule has 1 N–H and O–H groups in total. The molecule has 0 unspecified atom stereocenters. The Morgan fingerprint density at radius 2 is 2.21 bits per heavy atom. The van der Waals surface area contributed by atoms with Gasteiger partial charge >= 0.3 is 0 Å². The molecule has 1 aromatic carbocycles. The summed E-state index contributed by atoms with van der Waals surface area (Å²) in [6.45, 7) is 0. The number of hydrogen-bond acceptors (Lipinski definition) is 1. The second-order valence-corrected chi connectivity index (χ2v) is 4.01. The number of hydrogen-bond donors (Lipinski definition) is 1. The largest absolute Gasteiger partial charge is 0.325 e. The van der Waals surface area contributed by atoms with Crippen molar-refractivity contribution in [2.24, 2.45) is 0 Å². The van der Waals surface area contributed by atoms with Crippen molar-refractivity contribution < 1.29 is 4.79 Å². The van der Waals surface area contributed by atoms with Gasteiger partial charge in [-0.2, -0.15) is 0 Å². The van der Waals surface area contributed by atoms with Crippen LogP contribution in [0.3, 0.4) is 0 Å². The number of benzene rings is 1. The first-order valence-corrected chi connectivity index (χ1v) is 5.29. The number of anilines is 1. The van der Waals surface area contributed by atoms with Gasteiger partial charge in [0.05, 0.1) is 6.42 Å². The van der Waals surface area contributed by atoms with Crippen LogP contribution in [0.25, 0.3) is 0 Å². The SMILES string of the molecule is O=C1Cc2ccc(Cl)c(CCCl)c2N1. The van der Waals surface area contributed by atoms with E-state index in [9.17, 15) is 4.79 Å². The fourth-order valence-electron chi connectivity index (χ4n) is 1.67. The number of carbonyl (C=O) groups excluding carboxylic acids is 1. The predicted molar refractivity (Wildman–Crippen MR) is 58.2 cm³/mol. The molecule has 2 nitrogen and oxygen atoms in total. The molecule has 0 spiro atoms. The van der Waals surface area contributed by atoms with Crippen molar-refractivity contribution in [1.82, 2.24) is 0 Å². The van der Waals surface area contributed by atoms with Crippen molar-refractivity contribution in [2.45, 2.75) is 12.8 Å². The van der Waals surface area contributed by atoms with E-state index in [1.807, 2.05) is 12.1 Å². The van der Waals surface area contributed by atoms with Crippen LogP contribution in [0.2, 0.25) is 5.02 Å². The van der Waals surface area contributed by atoms with E-state index in [4.69, 9.17) is 23.2 Å². The molecular formula is C10H9Cl2NO. The lowest BCUT2D eigenvalue weighted by molar-refractivity contribution is -0.115. The Labute approximate surface area is 92.2 Å². The highest BCUT2D eigenvalue weighted by molar-refractivity contribution is 6.32. The van der Waals surface area contributed by atoms with Crippen molar-refractivity contribution in [2.75, 3.05) is 11.2 Å². The molecule has 74 valence electrons. The molecule has 1 heterocycles. The first-order valence-electron chi connectivity index (χ1n) is 4.38. The second kappa shape index (κ2) is 3.79. The van der Waals surface area contributed by atoms with Gasteiger partial charge < -0.3 is 5.32 Å². The van der Waals surface area contributed by atoms with Gasteiger partial charge in [0.25, 0.3) is 0 Å². The molecule has 4 heteroatoms. The van der Waals surface area contributed by atoms with E-state index in [1.54, 1.807) is 0 Å². The van der Waals surface area contributed by atoms with Crippen LogP contribution in [-0.4, -0.2) is 11.8 Å². The van der Waals surface area contributed by atoms with Crippen molar-refractivity contribution >= 4 is 34.8 Å². The van der Waals surface area contributed by atoms with Gasteiger partial charge in [0.1, 0.15) is 0 Å². The Kier molecular flexibility index (Phi) is 2.66. The van der Waals surface area contributed by atoms with E-state index >= 15 is 0 Å². The van der Waals surface area contributed by atoms with Crippen molar-refractivity contribution in [3.63, 3.8) is 0 Å². The van der Waals surface area contributed by atoms with Gasteiger partial charge in [-0.05, 0) is 23.6 Å². The third kappa shape index (κ3) is 1.60. The van der Waals surface area contributed by atoms with Gasteiger partial charge in [-0.3, -0.25) is 4.79 Å². The Bertz CT molecular complexity index is 390. The van der Waals surface area contributed by atoms with E-state index in [0.717, 1.165) is 16.8 Å². The second-order valence-electron chi connectivity index (χ2n) is 3.22. The average Bonchev–Trinajstić information content (AvgIpc) is 2.51. The molecular weight excluding hydrogens is 221 g/mol. The zero-order chi connectivity index (χ0) is 10.1. The summed E-state index contributed by atoms with van der Waals surface area (Å²) in [7, 11) is 0. The molecule has 0 bridgehead atoms. The van der Waals surface area contributed by atoms with Gasteiger partial charge in [-0.25, -0.2) is 0 Å². The highest BCUT2D eigenvalue weighted by Crippen LogP contribution is 2.32. The van der Waals surface area contributed by atoms with Crippen LogP contribution in [-0.2, 0) is 17.6 Å². The molecule has 0 radical (unpaired) electrons. The van der Waals surface area contributed by atoms with Crippen LogP contribution in [0.4, 0.5) is 5.69 Å². The van der Waals surface area contributed by atoms with Gasteiger partial charge in [0, 0.05) is 16.6 Å². The number of halogens is 2. The number of amides is 1. The number of rotatable bonds is 2. The highest BCUT2D eigenvalue weighted by Gasteiger charge is 2.21. The van der Waals surface area contributed by atoms with Crippen LogP contribution in [0.5, 0.6) is 0 Å². The van der Waals surface area contributed by atoms with Crippen LogP contribution in [0, 0.1) is 0 Å². The Balaban J connectivity index is 2.48. The zero-order valence-corrected chi connectivity index (χ0v) is 8.95. The van der Waals surface area contributed by atoms with Gasteiger partial charge in [-0.15, -0.1) is 11.6 Å². The maximum absolute atomic E-state index is 11.2. The fourth-order valence-corrected chi connectivity index (χ4v) is 2.11. The molecule has 0 aliphatic carbocycles. The lowest BCUT2D eigenvalue weighted by atomic mass is 10.1. The van der Waals surface area contributed by atoms with Crippen molar-refractivity contribution in [3.05, 3.63) is 28.3 Å². The lowest BCUT2D eigenvalue weighted by Crippen LogP contribution is -2.05. The molecule has 0 saturated carbocycles. The fraction of sp³-hybridized carbons (Fsp3) is 0.300. The Hall–Kier alpha value is -0.730. The third-order valence-corrected chi connectivity index (χ3v) is 2.85. The van der Waals surface area contributed by atoms with Gasteiger partial charge in [0.2, 0.25) is 5.91 Å². The molecule has 0 saturated heterocycles. The van der Waals surface area contributed by atoms with E-state index in [-0.39, 0.29) is 5.91 Å². The van der Waals surface area contributed by atoms with Gasteiger partial charge in [0.15, 0.2) is 0 Å². The summed E-state index contributed by atoms with van der Waals surface area (Å²) in [6, 6.07) is 3.70. The maximum atomic E-state index is 11.2. The third-order valence-electron chi connectivity index (χ3n) is 2.30. The van der Waals surface area contributed by atoms with Crippen LogP contribution < -0.4 is 5.32 Å². The summed E-state index contributed by atoms with van der Waals surface area (Å²) in [5.41, 5.74) is 2.83.